The summed E-state index contributed by atoms with van der Waals surface area (Å²) in [7, 11) is 0. The summed E-state index contributed by atoms with van der Waals surface area (Å²) in [6, 6.07) is 72.1. The maximum absolute atomic E-state index is 2.41. The van der Waals surface area contributed by atoms with Gasteiger partial charge in [-0.1, -0.05) is 176 Å². The second-order valence-electron chi connectivity index (χ2n) is 14.8. The van der Waals surface area contributed by atoms with Crippen LogP contribution in [0.3, 0.4) is 0 Å². The molecule has 11 aromatic carbocycles. The molecule has 1 heterocycles. The van der Waals surface area contributed by atoms with Gasteiger partial charge in [0.25, 0.3) is 0 Å². The SMILES string of the molecule is c1ccc2cc(-c3c4ccccc4c(-c4ccc(-c5ccc6c(c5)c5ccccc5c5c6sc6ccc7ccccc7c65)cc4)c4ccccc34)ccc2c1. The Labute approximate surface area is 322 Å². The van der Waals surface area contributed by atoms with E-state index in [1.165, 1.54) is 118 Å². The van der Waals surface area contributed by atoms with Crippen LogP contribution in [0, 0.1) is 0 Å². The van der Waals surface area contributed by atoms with Gasteiger partial charge in [-0.3, -0.25) is 0 Å². The van der Waals surface area contributed by atoms with Crippen LogP contribution < -0.4 is 0 Å². The highest BCUT2D eigenvalue weighted by Gasteiger charge is 2.19. The average molecular weight is 713 g/mol. The van der Waals surface area contributed by atoms with Gasteiger partial charge >= 0.3 is 0 Å². The highest BCUT2D eigenvalue weighted by molar-refractivity contribution is 7.27. The Bertz CT molecular complexity index is 3470. The first-order valence-electron chi connectivity index (χ1n) is 19.0. The first kappa shape index (κ1) is 30.6. The van der Waals surface area contributed by atoms with Crippen LogP contribution >= 0.6 is 11.3 Å². The van der Waals surface area contributed by atoms with Gasteiger partial charge in [-0.15, -0.1) is 11.3 Å². The zero-order valence-corrected chi connectivity index (χ0v) is 30.7. The molecule has 254 valence electrons. The highest BCUT2D eigenvalue weighted by Crippen LogP contribution is 2.48. The lowest BCUT2D eigenvalue weighted by molar-refractivity contribution is 1.63. The van der Waals surface area contributed by atoms with E-state index in [1.54, 1.807) is 0 Å². The monoisotopic (exact) mass is 712 g/mol. The highest BCUT2D eigenvalue weighted by atomic mass is 32.1. The molecule has 0 saturated heterocycles. The van der Waals surface area contributed by atoms with Crippen molar-refractivity contribution in [2.75, 3.05) is 0 Å². The van der Waals surface area contributed by atoms with Crippen LogP contribution in [-0.4, -0.2) is 0 Å². The van der Waals surface area contributed by atoms with Gasteiger partial charge in [0.1, 0.15) is 0 Å². The van der Waals surface area contributed by atoms with Crippen molar-refractivity contribution in [1.29, 1.82) is 0 Å². The number of hydrogen-bond donors (Lipinski definition) is 0. The van der Waals surface area contributed by atoms with Crippen molar-refractivity contribution < 1.29 is 0 Å². The van der Waals surface area contributed by atoms with E-state index >= 15 is 0 Å². The van der Waals surface area contributed by atoms with E-state index in [-0.39, 0.29) is 0 Å². The lowest BCUT2D eigenvalue weighted by atomic mass is 9.85. The summed E-state index contributed by atoms with van der Waals surface area (Å²) in [6.45, 7) is 0. The van der Waals surface area contributed by atoms with Crippen molar-refractivity contribution in [1.82, 2.24) is 0 Å². The largest absolute Gasteiger partial charge is 0.134 e. The van der Waals surface area contributed by atoms with Gasteiger partial charge in [0.15, 0.2) is 0 Å². The molecule has 0 saturated carbocycles. The van der Waals surface area contributed by atoms with Gasteiger partial charge in [0.2, 0.25) is 0 Å². The van der Waals surface area contributed by atoms with Gasteiger partial charge in [0, 0.05) is 25.6 Å². The van der Waals surface area contributed by atoms with E-state index in [0.29, 0.717) is 0 Å². The van der Waals surface area contributed by atoms with Crippen LogP contribution in [0.1, 0.15) is 0 Å². The predicted octanol–water partition coefficient (Wildman–Crippen LogP) is 16.0. The minimum Gasteiger partial charge on any atom is -0.134 e. The number of thiophene rings is 1. The summed E-state index contributed by atoms with van der Waals surface area (Å²) in [6.07, 6.45) is 0. The maximum Gasteiger partial charge on any atom is 0.0440 e. The second-order valence-corrected chi connectivity index (χ2v) is 15.8. The van der Waals surface area contributed by atoms with Crippen LogP contribution in [0.2, 0.25) is 0 Å². The zero-order chi connectivity index (χ0) is 36.0. The molecule has 0 amide bonds. The van der Waals surface area contributed by atoms with Crippen molar-refractivity contribution in [3.05, 3.63) is 194 Å². The smallest absolute Gasteiger partial charge is 0.0440 e. The maximum atomic E-state index is 2.41. The van der Waals surface area contributed by atoms with E-state index in [2.05, 4.69) is 194 Å². The van der Waals surface area contributed by atoms with Crippen molar-refractivity contribution in [3.8, 4) is 33.4 Å². The van der Waals surface area contributed by atoms with Gasteiger partial charge in [-0.25, -0.2) is 0 Å². The van der Waals surface area contributed by atoms with Crippen molar-refractivity contribution >= 4 is 96.1 Å². The Kier molecular flexibility index (Phi) is 6.60. The zero-order valence-electron chi connectivity index (χ0n) is 29.9. The molecule has 1 aromatic heterocycles. The van der Waals surface area contributed by atoms with Crippen molar-refractivity contribution in [2.45, 2.75) is 0 Å². The Morgan fingerprint density at radius 1 is 0.255 bits per heavy atom. The molecule has 0 aliphatic carbocycles. The number of fused-ring (bicyclic) bond motifs is 13. The molecule has 0 aliphatic rings. The van der Waals surface area contributed by atoms with E-state index in [4.69, 9.17) is 0 Å². The Balaban J connectivity index is 1.03. The number of rotatable bonds is 3. The topological polar surface area (TPSA) is 0 Å². The fraction of sp³-hybridized carbons (Fsp3) is 0. The predicted molar refractivity (Wildman–Crippen MR) is 241 cm³/mol. The lowest BCUT2D eigenvalue weighted by Crippen LogP contribution is -1.91. The molecule has 12 aromatic rings. The molecule has 0 aliphatic heterocycles. The van der Waals surface area contributed by atoms with Crippen LogP contribution in [0.25, 0.3) is 118 Å². The third-order valence-electron chi connectivity index (χ3n) is 11.8. The van der Waals surface area contributed by atoms with Crippen LogP contribution in [0.4, 0.5) is 0 Å². The fourth-order valence-electron chi connectivity index (χ4n) is 9.32. The molecule has 55 heavy (non-hydrogen) atoms. The van der Waals surface area contributed by atoms with Crippen molar-refractivity contribution in [3.63, 3.8) is 0 Å². The molecule has 0 spiro atoms. The van der Waals surface area contributed by atoms with E-state index in [9.17, 15) is 0 Å². The van der Waals surface area contributed by atoms with Gasteiger partial charge in [-0.05, 0) is 111 Å². The first-order chi connectivity index (χ1) is 27.3. The molecule has 0 atom stereocenters. The van der Waals surface area contributed by atoms with Gasteiger partial charge < -0.3 is 0 Å². The second kappa shape index (κ2) is 11.9. The summed E-state index contributed by atoms with van der Waals surface area (Å²) in [5, 5.41) is 18.3. The molecule has 0 fully saturated rings. The molecule has 0 bridgehead atoms. The van der Waals surface area contributed by atoms with Crippen LogP contribution in [0.5, 0.6) is 0 Å². The first-order valence-corrected chi connectivity index (χ1v) is 19.8. The minimum atomic E-state index is 1.22. The Morgan fingerprint density at radius 2 is 0.764 bits per heavy atom. The fourth-order valence-corrected chi connectivity index (χ4v) is 10.6. The van der Waals surface area contributed by atoms with Crippen LogP contribution in [-0.2, 0) is 0 Å². The Morgan fingerprint density at radius 3 is 1.47 bits per heavy atom. The molecule has 0 N–H and O–H groups in total. The van der Waals surface area contributed by atoms with E-state index in [0.717, 1.165) is 0 Å². The molecule has 0 nitrogen and oxygen atoms in total. The third kappa shape index (κ3) is 4.57. The standard InChI is InChI=1S/C54H32S/c1-2-13-37-31-39(26-23-33(37)11-1)51-45-19-9-7-17-43(45)50(44-18-8-10-20-46(44)51)36-24-21-34(22-25-36)38-27-29-47-48(32-38)41-15-5-6-16-42(41)53-52-40-14-4-3-12-35(40)28-30-49(52)55-54(47)53/h1-32H. The molecule has 12 rings (SSSR count). The van der Waals surface area contributed by atoms with E-state index < -0.39 is 0 Å². The average Bonchev–Trinajstić information content (AvgIpc) is 3.66. The lowest BCUT2D eigenvalue weighted by Gasteiger charge is -2.18. The van der Waals surface area contributed by atoms with Crippen LogP contribution in [0.15, 0.2) is 194 Å². The third-order valence-corrected chi connectivity index (χ3v) is 13.0. The summed E-state index contributed by atoms with van der Waals surface area (Å²) < 4.78 is 2.71. The van der Waals surface area contributed by atoms with Gasteiger partial charge in [0.05, 0.1) is 0 Å². The number of benzene rings is 11. The quantitative estimate of drug-likeness (QED) is 0.126. The normalized spacial score (nSPS) is 12.0. The summed E-state index contributed by atoms with van der Waals surface area (Å²) in [5.41, 5.74) is 7.51. The van der Waals surface area contributed by atoms with E-state index in [1.807, 2.05) is 11.3 Å². The number of hydrogen-bond acceptors (Lipinski definition) is 1. The minimum absolute atomic E-state index is 1.22. The molecule has 1 heteroatoms. The summed E-state index contributed by atoms with van der Waals surface area (Å²) in [5.74, 6) is 0. The molecular weight excluding hydrogens is 681 g/mol. The summed E-state index contributed by atoms with van der Waals surface area (Å²) >= 11 is 1.92. The molecule has 0 radical (unpaired) electrons. The molecule has 0 unspecified atom stereocenters. The Hall–Kier alpha value is -6.80. The summed E-state index contributed by atoms with van der Waals surface area (Å²) in [4.78, 5) is 0. The van der Waals surface area contributed by atoms with Crippen molar-refractivity contribution in [2.24, 2.45) is 0 Å². The molecular formula is C54H32S. The van der Waals surface area contributed by atoms with Gasteiger partial charge in [-0.2, -0.15) is 0 Å².